The lowest BCUT2D eigenvalue weighted by atomic mass is 10.2. The number of hydrogen-bond donors (Lipinski definition) is 1. The third kappa shape index (κ3) is 4.19. The first-order chi connectivity index (χ1) is 10.4. The molecule has 0 saturated carbocycles. The molecule has 124 valence electrons. The monoisotopic (exact) mass is 328 g/mol. The first-order valence-electron chi connectivity index (χ1n) is 7.40. The Morgan fingerprint density at radius 3 is 2.64 bits per heavy atom. The summed E-state index contributed by atoms with van der Waals surface area (Å²) < 4.78 is 37.9. The van der Waals surface area contributed by atoms with Crippen LogP contribution < -0.4 is 9.46 Å². The third-order valence-electron chi connectivity index (χ3n) is 3.91. The van der Waals surface area contributed by atoms with E-state index in [9.17, 15) is 8.42 Å². The lowest BCUT2D eigenvalue weighted by Gasteiger charge is -2.32. The Balaban J connectivity index is 1.99. The van der Waals surface area contributed by atoms with Gasteiger partial charge in [0, 0.05) is 25.7 Å². The summed E-state index contributed by atoms with van der Waals surface area (Å²) in [5.41, 5.74) is 0.798. The highest BCUT2D eigenvalue weighted by Gasteiger charge is 2.20. The second-order valence-corrected chi connectivity index (χ2v) is 7.25. The minimum Gasteiger partial charge on any atom is -0.496 e. The minimum absolute atomic E-state index is 0.137. The number of nitrogens with zero attached hydrogens (tertiary/aromatic N) is 1. The number of sulfonamides is 1. The number of aryl methyl sites for hydroxylation is 1. The van der Waals surface area contributed by atoms with Crippen molar-refractivity contribution in [2.24, 2.45) is 0 Å². The van der Waals surface area contributed by atoms with E-state index in [4.69, 9.17) is 9.47 Å². The van der Waals surface area contributed by atoms with Crippen molar-refractivity contribution in [1.29, 1.82) is 0 Å². The molecule has 1 atom stereocenters. The van der Waals surface area contributed by atoms with Gasteiger partial charge >= 0.3 is 0 Å². The Morgan fingerprint density at radius 1 is 1.36 bits per heavy atom. The molecule has 1 aliphatic rings. The average Bonchev–Trinajstić information content (AvgIpc) is 2.53. The van der Waals surface area contributed by atoms with E-state index in [2.05, 4.69) is 9.62 Å². The molecule has 1 unspecified atom stereocenters. The summed E-state index contributed by atoms with van der Waals surface area (Å²) in [5.74, 6) is 0.681. The molecule has 2 rings (SSSR count). The molecule has 7 heteroatoms. The van der Waals surface area contributed by atoms with Crippen molar-refractivity contribution in [3.63, 3.8) is 0 Å². The molecule has 0 radical (unpaired) electrons. The Morgan fingerprint density at radius 2 is 2.05 bits per heavy atom. The number of methoxy groups -OCH3 is 1. The molecule has 1 saturated heterocycles. The van der Waals surface area contributed by atoms with Gasteiger partial charge in [0.15, 0.2) is 0 Å². The van der Waals surface area contributed by atoms with E-state index in [0.29, 0.717) is 25.5 Å². The number of nitrogens with one attached hydrogen (secondary N) is 1. The molecule has 0 spiro atoms. The first-order valence-corrected chi connectivity index (χ1v) is 8.88. The quantitative estimate of drug-likeness (QED) is 0.844. The Hall–Kier alpha value is -1.15. The summed E-state index contributed by atoms with van der Waals surface area (Å²) in [6, 6.07) is 5.00. The molecular weight excluding hydrogens is 304 g/mol. The van der Waals surface area contributed by atoms with Crippen LogP contribution in [0.2, 0.25) is 0 Å². The lowest BCUT2D eigenvalue weighted by molar-refractivity contribution is 0.0213. The average molecular weight is 328 g/mol. The zero-order chi connectivity index (χ0) is 16.2. The molecule has 1 aliphatic heterocycles. The van der Waals surface area contributed by atoms with Gasteiger partial charge in [-0.25, -0.2) is 13.1 Å². The van der Waals surface area contributed by atoms with Crippen LogP contribution in [-0.4, -0.2) is 59.3 Å². The molecule has 1 N–H and O–H groups in total. The molecule has 0 amide bonds. The number of rotatable bonds is 6. The van der Waals surface area contributed by atoms with Gasteiger partial charge in [0.2, 0.25) is 10.0 Å². The molecule has 1 heterocycles. The maximum Gasteiger partial charge on any atom is 0.240 e. The second-order valence-electron chi connectivity index (χ2n) is 5.48. The molecule has 1 aromatic rings. The summed E-state index contributed by atoms with van der Waals surface area (Å²) in [7, 11) is -1.94. The van der Waals surface area contributed by atoms with E-state index in [1.165, 1.54) is 0 Å². The van der Waals surface area contributed by atoms with Gasteiger partial charge in [-0.1, -0.05) is 0 Å². The van der Waals surface area contributed by atoms with Gasteiger partial charge in [-0.3, -0.25) is 4.90 Å². The van der Waals surface area contributed by atoms with E-state index in [1.807, 2.05) is 13.8 Å². The van der Waals surface area contributed by atoms with E-state index >= 15 is 0 Å². The summed E-state index contributed by atoms with van der Waals surface area (Å²) in [6.07, 6.45) is 0. The van der Waals surface area contributed by atoms with E-state index in [-0.39, 0.29) is 10.9 Å². The zero-order valence-electron chi connectivity index (χ0n) is 13.3. The van der Waals surface area contributed by atoms with Crippen molar-refractivity contribution >= 4 is 10.0 Å². The molecule has 0 aliphatic carbocycles. The topological polar surface area (TPSA) is 67.9 Å². The summed E-state index contributed by atoms with van der Waals surface area (Å²) >= 11 is 0. The SMILES string of the molecule is COc1ccc(S(=O)(=O)NCC(C)N2CCOCC2)cc1C. The van der Waals surface area contributed by atoms with Crippen molar-refractivity contribution in [3.8, 4) is 5.75 Å². The van der Waals surface area contributed by atoms with Crippen LogP contribution in [0.4, 0.5) is 0 Å². The minimum atomic E-state index is -3.50. The summed E-state index contributed by atoms with van der Waals surface area (Å²) in [4.78, 5) is 2.49. The van der Waals surface area contributed by atoms with Crippen molar-refractivity contribution < 1.29 is 17.9 Å². The van der Waals surface area contributed by atoms with Crippen LogP contribution in [0.5, 0.6) is 5.75 Å². The first kappa shape index (κ1) is 17.2. The molecule has 1 aromatic carbocycles. The highest BCUT2D eigenvalue weighted by Crippen LogP contribution is 2.21. The Bertz CT molecular complexity index is 598. The van der Waals surface area contributed by atoms with Crippen molar-refractivity contribution in [2.45, 2.75) is 24.8 Å². The third-order valence-corrected chi connectivity index (χ3v) is 5.34. The van der Waals surface area contributed by atoms with Crippen LogP contribution in [0.15, 0.2) is 23.1 Å². The smallest absolute Gasteiger partial charge is 0.240 e. The van der Waals surface area contributed by atoms with Crippen LogP contribution in [0.25, 0.3) is 0 Å². The van der Waals surface area contributed by atoms with E-state index < -0.39 is 10.0 Å². The van der Waals surface area contributed by atoms with Crippen LogP contribution >= 0.6 is 0 Å². The van der Waals surface area contributed by atoms with Crippen molar-refractivity contribution in [2.75, 3.05) is 40.0 Å². The number of hydrogen-bond acceptors (Lipinski definition) is 5. The van der Waals surface area contributed by atoms with Gasteiger partial charge in [-0.05, 0) is 37.6 Å². The molecule has 6 nitrogen and oxygen atoms in total. The standard InChI is InChI=1S/C15H24N2O4S/c1-12-10-14(4-5-15(12)20-3)22(18,19)16-11-13(2)17-6-8-21-9-7-17/h4-5,10,13,16H,6-9,11H2,1-3H3. The molecule has 0 aromatic heterocycles. The Kier molecular flexibility index (Phi) is 5.80. The highest BCUT2D eigenvalue weighted by atomic mass is 32.2. The maximum atomic E-state index is 12.4. The van der Waals surface area contributed by atoms with Gasteiger partial charge in [0.25, 0.3) is 0 Å². The van der Waals surface area contributed by atoms with Gasteiger partial charge in [-0.2, -0.15) is 0 Å². The Labute approximate surface area is 132 Å². The van der Waals surface area contributed by atoms with Gasteiger partial charge in [-0.15, -0.1) is 0 Å². The van der Waals surface area contributed by atoms with E-state index in [1.54, 1.807) is 25.3 Å². The molecular formula is C15H24N2O4S. The second kappa shape index (κ2) is 7.41. The molecule has 22 heavy (non-hydrogen) atoms. The normalized spacial score (nSPS) is 18.1. The summed E-state index contributed by atoms with van der Waals surface area (Å²) in [6.45, 7) is 7.31. The number of morpholine rings is 1. The van der Waals surface area contributed by atoms with Crippen LogP contribution in [-0.2, 0) is 14.8 Å². The predicted molar refractivity (Wildman–Crippen MR) is 84.8 cm³/mol. The fourth-order valence-corrected chi connectivity index (χ4v) is 3.69. The van der Waals surface area contributed by atoms with Crippen molar-refractivity contribution in [1.82, 2.24) is 9.62 Å². The van der Waals surface area contributed by atoms with Crippen LogP contribution in [0, 0.1) is 6.92 Å². The fourth-order valence-electron chi connectivity index (χ4n) is 2.48. The van der Waals surface area contributed by atoms with E-state index in [0.717, 1.165) is 18.7 Å². The lowest BCUT2D eigenvalue weighted by Crippen LogP contribution is -2.47. The van der Waals surface area contributed by atoms with Gasteiger partial charge < -0.3 is 9.47 Å². The predicted octanol–water partition coefficient (Wildman–Crippen LogP) is 1.00. The molecule has 1 fully saturated rings. The van der Waals surface area contributed by atoms with Gasteiger partial charge in [0.05, 0.1) is 25.2 Å². The van der Waals surface area contributed by atoms with Crippen molar-refractivity contribution in [3.05, 3.63) is 23.8 Å². The summed E-state index contributed by atoms with van der Waals surface area (Å²) in [5, 5.41) is 0. The zero-order valence-corrected chi connectivity index (χ0v) is 14.1. The van der Waals surface area contributed by atoms with Crippen LogP contribution in [0.3, 0.4) is 0 Å². The number of benzene rings is 1. The maximum absolute atomic E-state index is 12.4. The molecule has 0 bridgehead atoms. The largest absolute Gasteiger partial charge is 0.496 e. The fraction of sp³-hybridized carbons (Fsp3) is 0.600. The van der Waals surface area contributed by atoms with Crippen LogP contribution in [0.1, 0.15) is 12.5 Å². The number of ether oxygens (including phenoxy) is 2. The highest BCUT2D eigenvalue weighted by molar-refractivity contribution is 7.89. The van der Waals surface area contributed by atoms with Gasteiger partial charge in [0.1, 0.15) is 5.75 Å².